The van der Waals surface area contributed by atoms with Crippen molar-refractivity contribution in [2.45, 2.75) is 40.2 Å². The van der Waals surface area contributed by atoms with E-state index in [1.165, 1.54) is 6.07 Å². The molecule has 0 aromatic heterocycles. The Balaban J connectivity index is 3.12. The van der Waals surface area contributed by atoms with Gasteiger partial charge in [0.25, 0.3) is 5.69 Å². The molecule has 1 rings (SSSR count). The molecule has 0 aliphatic heterocycles. The largest absolute Gasteiger partial charge is 0.396 e. The highest BCUT2D eigenvalue weighted by Gasteiger charge is 2.27. The number of nitro benzene ring substituents is 1. The molecule has 5 heteroatoms. The highest BCUT2D eigenvalue weighted by molar-refractivity contribution is 5.66. The monoisotopic (exact) mass is 266 g/mol. The number of nitro groups is 1. The maximum Gasteiger partial charge on any atom is 0.292 e. The van der Waals surface area contributed by atoms with E-state index in [0.29, 0.717) is 12.1 Å². The topological polar surface area (TPSA) is 75.4 Å². The van der Waals surface area contributed by atoms with Gasteiger partial charge in [0.1, 0.15) is 5.69 Å². The van der Waals surface area contributed by atoms with Crippen LogP contribution in [0.1, 0.15) is 32.8 Å². The zero-order valence-corrected chi connectivity index (χ0v) is 11.9. The molecule has 106 valence electrons. The van der Waals surface area contributed by atoms with Crippen molar-refractivity contribution in [3.63, 3.8) is 0 Å². The van der Waals surface area contributed by atoms with Gasteiger partial charge in [0, 0.05) is 18.7 Å². The van der Waals surface area contributed by atoms with E-state index in [9.17, 15) is 10.1 Å². The smallest absolute Gasteiger partial charge is 0.292 e. The molecule has 0 saturated heterocycles. The summed E-state index contributed by atoms with van der Waals surface area (Å²) in [6, 6.07) is 4.98. The number of benzene rings is 1. The number of nitrogens with one attached hydrogen (secondary N) is 1. The fraction of sp³-hybridized carbons (Fsp3) is 0.571. The number of hydrogen-bond acceptors (Lipinski definition) is 4. The summed E-state index contributed by atoms with van der Waals surface area (Å²) < 4.78 is 0. The van der Waals surface area contributed by atoms with Gasteiger partial charge in [0.15, 0.2) is 0 Å². The molecule has 2 N–H and O–H groups in total. The van der Waals surface area contributed by atoms with Crippen molar-refractivity contribution < 1.29 is 10.0 Å². The Bertz CT molecular complexity index is 452. The first kappa shape index (κ1) is 15.4. The van der Waals surface area contributed by atoms with Crippen LogP contribution < -0.4 is 5.32 Å². The molecule has 1 atom stereocenters. The molecule has 0 radical (unpaired) electrons. The second-order valence-electron chi connectivity index (χ2n) is 5.80. The number of rotatable bonds is 5. The maximum atomic E-state index is 11.1. The summed E-state index contributed by atoms with van der Waals surface area (Å²) in [7, 11) is 0. The van der Waals surface area contributed by atoms with E-state index in [2.05, 4.69) is 5.32 Å². The van der Waals surface area contributed by atoms with Gasteiger partial charge >= 0.3 is 0 Å². The Morgan fingerprint density at radius 3 is 2.53 bits per heavy atom. The molecule has 0 heterocycles. The molecular formula is C14H22N2O3. The summed E-state index contributed by atoms with van der Waals surface area (Å²) in [5.41, 5.74) is 1.35. The van der Waals surface area contributed by atoms with E-state index in [1.54, 1.807) is 6.07 Å². The van der Waals surface area contributed by atoms with Gasteiger partial charge in [-0.25, -0.2) is 0 Å². The van der Waals surface area contributed by atoms with Gasteiger partial charge in [0.2, 0.25) is 0 Å². The van der Waals surface area contributed by atoms with Crippen LogP contribution in [0.5, 0.6) is 0 Å². The van der Waals surface area contributed by atoms with Crippen molar-refractivity contribution in [1.29, 1.82) is 0 Å². The molecule has 5 nitrogen and oxygen atoms in total. The average molecular weight is 266 g/mol. The predicted molar refractivity (Wildman–Crippen MR) is 76.4 cm³/mol. The summed E-state index contributed by atoms with van der Waals surface area (Å²) in [5.74, 6) is 0. The van der Waals surface area contributed by atoms with Crippen LogP contribution in [0.25, 0.3) is 0 Å². The van der Waals surface area contributed by atoms with Crippen LogP contribution in [0.4, 0.5) is 11.4 Å². The van der Waals surface area contributed by atoms with Gasteiger partial charge in [-0.15, -0.1) is 0 Å². The lowest BCUT2D eigenvalue weighted by atomic mass is 9.84. The number of anilines is 1. The number of aliphatic hydroxyl groups is 1. The van der Waals surface area contributed by atoms with Crippen LogP contribution in [0.15, 0.2) is 18.2 Å². The predicted octanol–water partition coefficient (Wildman–Crippen LogP) is 3.11. The van der Waals surface area contributed by atoms with Gasteiger partial charge in [-0.05, 0) is 24.3 Å². The van der Waals surface area contributed by atoms with Gasteiger partial charge in [0.05, 0.1) is 4.92 Å². The van der Waals surface area contributed by atoms with E-state index in [0.717, 1.165) is 5.56 Å². The fourth-order valence-corrected chi connectivity index (χ4v) is 2.02. The first-order valence-electron chi connectivity index (χ1n) is 6.38. The second-order valence-corrected chi connectivity index (χ2v) is 5.80. The number of hydrogen-bond donors (Lipinski definition) is 2. The summed E-state index contributed by atoms with van der Waals surface area (Å²) in [5, 5.41) is 23.5. The van der Waals surface area contributed by atoms with E-state index in [-0.39, 0.29) is 28.7 Å². The van der Waals surface area contributed by atoms with E-state index in [1.807, 2.05) is 33.8 Å². The van der Waals surface area contributed by atoms with Crippen molar-refractivity contribution in [3.05, 3.63) is 33.9 Å². The molecule has 1 aromatic rings. The van der Waals surface area contributed by atoms with Gasteiger partial charge in [-0.2, -0.15) is 0 Å². The van der Waals surface area contributed by atoms with Crippen LogP contribution in [0.2, 0.25) is 0 Å². The molecule has 0 amide bonds. The standard InChI is InChI=1S/C14H22N2O3/c1-10-6-5-7-11(16(18)19)13(10)15-12(8-9-17)14(2,3)4/h5-7,12,15,17H,8-9H2,1-4H3. The van der Waals surface area contributed by atoms with Crippen molar-refractivity contribution in [3.8, 4) is 0 Å². The Hall–Kier alpha value is -1.62. The Morgan fingerprint density at radius 1 is 1.42 bits per heavy atom. The molecule has 1 aromatic carbocycles. The molecular weight excluding hydrogens is 244 g/mol. The number of aryl methyl sites for hydroxylation is 1. The Kier molecular flexibility index (Phi) is 4.89. The molecule has 0 aliphatic rings. The summed E-state index contributed by atoms with van der Waals surface area (Å²) in [6.07, 6.45) is 0.551. The minimum absolute atomic E-state index is 0.0303. The van der Waals surface area contributed by atoms with Crippen LogP contribution in [-0.2, 0) is 0 Å². The first-order valence-corrected chi connectivity index (χ1v) is 6.38. The second kappa shape index (κ2) is 6.02. The highest BCUT2D eigenvalue weighted by Crippen LogP contribution is 2.32. The lowest BCUT2D eigenvalue weighted by Crippen LogP contribution is -2.35. The Labute approximate surface area is 113 Å². The van der Waals surface area contributed by atoms with Crippen LogP contribution >= 0.6 is 0 Å². The summed E-state index contributed by atoms with van der Waals surface area (Å²) in [4.78, 5) is 10.7. The highest BCUT2D eigenvalue weighted by atomic mass is 16.6. The molecule has 0 spiro atoms. The van der Waals surface area contributed by atoms with Crippen LogP contribution in [0, 0.1) is 22.5 Å². The van der Waals surface area contributed by atoms with Gasteiger partial charge in [-0.1, -0.05) is 32.9 Å². The molecule has 0 saturated carbocycles. The third-order valence-electron chi connectivity index (χ3n) is 3.23. The normalized spacial score (nSPS) is 13.1. The Morgan fingerprint density at radius 2 is 2.05 bits per heavy atom. The fourth-order valence-electron chi connectivity index (χ4n) is 2.02. The molecule has 19 heavy (non-hydrogen) atoms. The summed E-state index contributed by atoms with van der Waals surface area (Å²) >= 11 is 0. The van der Waals surface area contributed by atoms with Crippen molar-refractivity contribution in [2.75, 3.05) is 11.9 Å². The summed E-state index contributed by atoms with van der Waals surface area (Å²) in [6.45, 7) is 8.03. The maximum absolute atomic E-state index is 11.1. The number of aliphatic hydroxyl groups excluding tert-OH is 1. The quantitative estimate of drug-likeness (QED) is 0.634. The average Bonchev–Trinajstić information content (AvgIpc) is 2.29. The molecule has 0 aliphatic carbocycles. The van der Waals surface area contributed by atoms with Crippen LogP contribution in [0.3, 0.4) is 0 Å². The van der Waals surface area contributed by atoms with Gasteiger partial charge in [-0.3, -0.25) is 10.1 Å². The van der Waals surface area contributed by atoms with Crippen molar-refractivity contribution in [2.24, 2.45) is 5.41 Å². The van der Waals surface area contributed by atoms with E-state index >= 15 is 0 Å². The molecule has 0 bridgehead atoms. The van der Waals surface area contributed by atoms with Crippen molar-refractivity contribution >= 4 is 11.4 Å². The minimum atomic E-state index is -0.381. The van der Waals surface area contributed by atoms with Crippen LogP contribution in [-0.4, -0.2) is 22.7 Å². The minimum Gasteiger partial charge on any atom is -0.396 e. The first-order chi connectivity index (χ1) is 8.77. The lowest BCUT2D eigenvalue weighted by Gasteiger charge is -2.32. The zero-order chi connectivity index (χ0) is 14.6. The molecule has 0 fully saturated rings. The third kappa shape index (κ3) is 3.92. The third-order valence-corrected chi connectivity index (χ3v) is 3.23. The molecule has 1 unspecified atom stereocenters. The number of nitrogens with zero attached hydrogens (tertiary/aromatic N) is 1. The number of para-hydroxylation sites is 1. The van der Waals surface area contributed by atoms with Gasteiger partial charge < -0.3 is 10.4 Å². The SMILES string of the molecule is Cc1cccc([N+](=O)[O-])c1NC(CCO)C(C)(C)C. The van der Waals surface area contributed by atoms with E-state index in [4.69, 9.17) is 5.11 Å². The van der Waals surface area contributed by atoms with Crippen molar-refractivity contribution in [1.82, 2.24) is 0 Å². The van der Waals surface area contributed by atoms with E-state index < -0.39 is 0 Å². The zero-order valence-electron chi connectivity index (χ0n) is 11.9. The lowest BCUT2D eigenvalue weighted by molar-refractivity contribution is -0.384.